The Morgan fingerprint density at radius 3 is 2.50 bits per heavy atom. The van der Waals surface area contributed by atoms with Crippen molar-refractivity contribution >= 4 is 17.6 Å². The lowest BCUT2D eigenvalue weighted by Gasteiger charge is -2.14. The highest BCUT2D eigenvalue weighted by Crippen LogP contribution is 2.16. The first-order chi connectivity index (χ1) is 12.6. The zero-order valence-electron chi connectivity index (χ0n) is 14.8. The van der Waals surface area contributed by atoms with Gasteiger partial charge < -0.3 is 20.5 Å². The van der Waals surface area contributed by atoms with Crippen molar-refractivity contribution < 1.29 is 19.4 Å². The van der Waals surface area contributed by atoms with Gasteiger partial charge in [0.1, 0.15) is 0 Å². The number of aliphatic hydroxyl groups is 1. The van der Waals surface area contributed by atoms with E-state index < -0.39 is 5.97 Å². The van der Waals surface area contributed by atoms with Crippen LogP contribution in [0.4, 0.5) is 5.69 Å². The van der Waals surface area contributed by atoms with E-state index in [1.807, 2.05) is 37.3 Å². The number of ether oxygens (including phenoxy) is 1. The fourth-order valence-electron chi connectivity index (χ4n) is 2.43. The van der Waals surface area contributed by atoms with E-state index in [0.29, 0.717) is 24.3 Å². The summed E-state index contributed by atoms with van der Waals surface area (Å²) in [4.78, 5) is 24.1. The fraction of sp³-hybridized carbons (Fsp3) is 0.300. The molecule has 6 nitrogen and oxygen atoms in total. The van der Waals surface area contributed by atoms with Crippen LogP contribution in [0, 0.1) is 0 Å². The second-order valence-corrected chi connectivity index (χ2v) is 5.89. The van der Waals surface area contributed by atoms with Crippen molar-refractivity contribution in [2.45, 2.75) is 12.8 Å². The Bertz CT molecular complexity index is 719. The summed E-state index contributed by atoms with van der Waals surface area (Å²) in [5.41, 5.74) is 2.02. The van der Waals surface area contributed by atoms with Crippen molar-refractivity contribution in [2.24, 2.45) is 0 Å². The first-order valence-electron chi connectivity index (χ1n) is 8.54. The molecule has 3 N–H and O–H groups in total. The number of rotatable bonds is 9. The monoisotopic (exact) mass is 356 g/mol. The first kappa shape index (κ1) is 19.5. The van der Waals surface area contributed by atoms with Gasteiger partial charge in [-0.1, -0.05) is 49.4 Å². The third-order valence-corrected chi connectivity index (χ3v) is 3.88. The molecule has 0 aliphatic rings. The summed E-state index contributed by atoms with van der Waals surface area (Å²) in [5, 5.41) is 14.6. The predicted octanol–water partition coefficient (Wildman–Crippen LogP) is 2.17. The average Bonchev–Trinajstić information content (AvgIpc) is 2.69. The van der Waals surface area contributed by atoms with E-state index in [0.717, 1.165) is 5.56 Å². The van der Waals surface area contributed by atoms with Crippen LogP contribution in [0.2, 0.25) is 0 Å². The van der Waals surface area contributed by atoms with Crippen molar-refractivity contribution in [3.63, 3.8) is 0 Å². The normalized spacial score (nSPS) is 11.5. The second-order valence-electron chi connectivity index (χ2n) is 5.89. The quantitative estimate of drug-likeness (QED) is 0.600. The number of nitrogens with one attached hydrogen (secondary N) is 2. The number of anilines is 1. The topological polar surface area (TPSA) is 87.7 Å². The second kappa shape index (κ2) is 10.2. The lowest BCUT2D eigenvalue weighted by atomic mass is 10.0. The van der Waals surface area contributed by atoms with Gasteiger partial charge in [-0.3, -0.25) is 4.79 Å². The maximum Gasteiger partial charge on any atom is 0.340 e. The fourth-order valence-corrected chi connectivity index (χ4v) is 2.43. The minimum atomic E-state index is -0.586. The number of hydrogen-bond donors (Lipinski definition) is 3. The molecule has 0 bridgehead atoms. The Balaban J connectivity index is 1.81. The van der Waals surface area contributed by atoms with E-state index in [2.05, 4.69) is 10.6 Å². The number of aliphatic hydroxyl groups excluding tert-OH is 1. The van der Waals surface area contributed by atoms with Gasteiger partial charge in [0, 0.05) is 18.8 Å². The maximum absolute atomic E-state index is 12.2. The molecule has 26 heavy (non-hydrogen) atoms. The Morgan fingerprint density at radius 2 is 1.77 bits per heavy atom. The lowest BCUT2D eigenvalue weighted by Crippen LogP contribution is -2.31. The van der Waals surface area contributed by atoms with Gasteiger partial charge in [-0.15, -0.1) is 0 Å². The number of carbonyl (C=O) groups is 2. The van der Waals surface area contributed by atoms with Gasteiger partial charge in [-0.25, -0.2) is 4.79 Å². The summed E-state index contributed by atoms with van der Waals surface area (Å²) in [6.07, 6.45) is 0. The largest absolute Gasteiger partial charge is 0.452 e. The first-order valence-corrected chi connectivity index (χ1v) is 8.54. The number of amides is 1. The van der Waals surface area contributed by atoms with Gasteiger partial charge in [-0.2, -0.15) is 0 Å². The molecule has 0 fully saturated rings. The molecule has 0 radical (unpaired) electrons. The van der Waals surface area contributed by atoms with Crippen LogP contribution < -0.4 is 10.6 Å². The molecule has 2 aromatic rings. The molecule has 0 spiro atoms. The number of benzene rings is 2. The molecule has 138 valence electrons. The Kier molecular flexibility index (Phi) is 7.64. The highest BCUT2D eigenvalue weighted by Gasteiger charge is 2.14. The van der Waals surface area contributed by atoms with Crippen molar-refractivity contribution in [2.75, 3.05) is 31.6 Å². The number of para-hydroxylation sites is 1. The number of hydrogen-bond acceptors (Lipinski definition) is 5. The SMILES string of the molecule is C[C@@H](CNC(=O)COC(=O)c1ccccc1NCCO)c1ccccc1. The zero-order valence-corrected chi connectivity index (χ0v) is 14.8. The summed E-state index contributed by atoms with van der Waals surface area (Å²) in [5.74, 6) is -0.765. The van der Waals surface area contributed by atoms with Gasteiger partial charge in [0.25, 0.3) is 5.91 Å². The highest BCUT2D eigenvalue weighted by molar-refractivity contribution is 5.96. The van der Waals surface area contributed by atoms with Gasteiger partial charge in [0.15, 0.2) is 6.61 Å². The molecule has 0 saturated heterocycles. The van der Waals surface area contributed by atoms with Crippen LogP contribution in [-0.2, 0) is 9.53 Å². The molecule has 0 aliphatic heterocycles. The zero-order chi connectivity index (χ0) is 18.8. The summed E-state index contributed by atoms with van der Waals surface area (Å²) in [6, 6.07) is 16.7. The maximum atomic E-state index is 12.2. The van der Waals surface area contributed by atoms with Crippen LogP contribution >= 0.6 is 0 Å². The standard InChI is InChI=1S/C20H24N2O4/c1-15(16-7-3-2-4-8-16)13-22-19(24)14-26-20(25)17-9-5-6-10-18(17)21-11-12-23/h2-10,15,21,23H,11-14H2,1H3,(H,22,24)/t15-/m0/s1. The molecule has 0 unspecified atom stereocenters. The molecule has 0 aromatic heterocycles. The van der Waals surface area contributed by atoms with Crippen molar-refractivity contribution in [1.82, 2.24) is 5.32 Å². The van der Waals surface area contributed by atoms with E-state index in [4.69, 9.17) is 9.84 Å². The van der Waals surface area contributed by atoms with E-state index >= 15 is 0 Å². The molecule has 1 atom stereocenters. The van der Waals surface area contributed by atoms with Crippen LogP contribution in [0.1, 0.15) is 28.8 Å². The Hall–Kier alpha value is -2.86. The van der Waals surface area contributed by atoms with E-state index in [1.165, 1.54) is 0 Å². The molecular weight excluding hydrogens is 332 g/mol. The summed E-state index contributed by atoms with van der Waals surface area (Å²) < 4.78 is 5.10. The molecule has 2 aromatic carbocycles. The molecule has 6 heteroatoms. The van der Waals surface area contributed by atoms with Gasteiger partial charge in [0.05, 0.1) is 12.2 Å². The Morgan fingerprint density at radius 1 is 1.08 bits per heavy atom. The molecule has 0 heterocycles. The molecule has 0 saturated carbocycles. The average molecular weight is 356 g/mol. The molecule has 1 amide bonds. The Labute approximate surface area is 153 Å². The molecule has 0 aliphatic carbocycles. The van der Waals surface area contributed by atoms with E-state index in [9.17, 15) is 9.59 Å². The highest BCUT2D eigenvalue weighted by atomic mass is 16.5. The van der Waals surface area contributed by atoms with Crippen LogP contribution in [-0.4, -0.2) is 43.3 Å². The minimum absolute atomic E-state index is 0.0502. The van der Waals surface area contributed by atoms with Crippen LogP contribution in [0.25, 0.3) is 0 Å². The molecule has 2 rings (SSSR count). The minimum Gasteiger partial charge on any atom is -0.452 e. The smallest absolute Gasteiger partial charge is 0.340 e. The number of esters is 1. The summed E-state index contributed by atoms with van der Waals surface area (Å²) >= 11 is 0. The summed E-state index contributed by atoms with van der Waals surface area (Å²) in [6.45, 7) is 2.42. The van der Waals surface area contributed by atoms with Gasteiger partial charge in [0.2, 0.25) is 0 Å². The summed E-state index contributed by atoms with van der Waals surface area (Å²) in [7, 11) is 0. The predicted molar refractivity (Wildman–Crippen MR) is 100 cm³/mol. The van der Waals surface area contributed by atoms with E-state index in [1.54, 1.807) is 24.3 Å². The van der Waals surface area contributed by atoms with Crippen LogP contribution in [0.15, 0.2) is 54.6 Å². The number of carbonyl (C=O) groups excluding carboxylic acids is 2. The lowest BCUT2D eigenvalue weighted by molar-refractivity contribution is -0.124. The van der Waals surface area contributed by atoms with E-state index in [-0.39, 0.29) is 25.0 Å². The van der Waals surface area contributed by atoms with Crippen LogP contribution in [0.5, 0.6) is 0 Å². The van der Waals surface area contributed by atoms with Crippen molar-refractivity contribution in [3.8, 4) is 0 Å². The van der Waals surface area contributed by atoms with Crippen molar-refractivity contribution in [3.05, 3.63) is 65.7 Å². The van der Waals surface area contributed by atoms with Gasteiger partial charge >= 0.3 is 5.97 Å². The van der Waals surface area contributed by atoms with Crippen molar-refractivity contribution in [1.29, 1.82) is 0 Å². The third-order valence-electron chi connectivity index (χ3n) is 3.88. The third kappa shape index (κ3) is 5.89. The van der Waals surface area contributed by atoms with Crippen LogP contribution in [0.3, 0.4) is 0 Å². The molecular formula is C20H24N2O4. The van der Waals surface area contributed by atoms with Gasteiger partial charge in [-0.05, 0) is 23.6 Å².